The average Bonchev–Trinajstić information content (AvgIpc) is 2.96. The standard InChI is InChI=1S/C15H13N3O4S.C15H25NO2/c1-18-13(15(20)17-12-8-4-5-9-16-12)14(19)10-6-2-3-7-11(10)23(18,21)22;1-6-15(17,12(2)11-16(3)4)13-8-7-9-14(10-13)18-5/h2-9,19H,1H3,(H,16,17,20);7-10,12,17H,6,11H2,1-5H3/t;12-,15-/m.1/s1. The average molecular weight is 583 g/mol. The van der Waals surface area contributed by atoms with Crippen molar-refractivity contribution in [1.29, 1.82) is 0 Å². The van der Waals surface area contributed by atoms with Crippen LogP contribution in [0.15, 0.2) is 83.5 Å². The second-order valence-corrected chi connectivity index (χ2v) is 11.9. The van der Waals surface area contributed by atoms with Crippen molar-refractivity contribution in [3.05, 3.63) is 89.8 Å². The number of aliphatic hydroxyl groups is 2. The number of methoxy groups -OCH3 is 1. The van der Waals surface area contributed by atoms with Crippen LogP contribution in [0.1, 0.15) is 31.4 Å². The number of aromatic nitrogens is 1. The van der Waals surface area contributed by atoms with Crippen molar-refractivity contribution >= 4 is 27.5 Å². The Hall–Kier alpha value is -3.93. The molecule has 1 amide bonds. The summed E-state index contributed by atoms with van der Waals surface area (Å²) in [7, 11) is 3.01. The number of pyridine rings is 1. The molecular weight excluding hydrogens is 544 g/mol. The molecule has 1 aliphatic rings. The van der Waals surface area contributed by atoms with Crippen LogP contribution in [0.25, 0.3) is 5.76 Å². The molecule has 4 rings (SSSR count). The van der Waals surface area contributed by atoms with Gasteiger partial charge in [-0.1, -0.05) is 44.2 Å². The number of ether oxygens (including phenoxy) is 1. The summed E-state index contributed by atoms with van der Waals surface area (Å²) in [6.07, 6.45) is 2.18. The van der Waals surface area contributed by atoms with Gasteiger partial charge in [0.1, 0.15) is 11.6 Å². The van der Waals surface area contributed by atoms with Gasteiger partial charge in [0, 0.05) is 31.3 Å². The zero-order chi connectivity index (χ0) is 30.4. The lowest BCUT2D eigenvalue weighted by Crippen LogP contribution is -2.38. The third kappa shape index (κ3) is 6.87. The lowest BCUT2D eigenvalue weighted by atomic mass is 9.80. The Morgan fingerprint density at radius 1 is 1.12 bits per heavy atom. The van der Waals surface area contributed by atoms with E-state index in [9.17, 15) is 23.4 Å². The Morgan fingerprint density at radius 2 is 1.80 bits per heavy atom. The number of carbonyl (C=O) groups excluding carboxylic acids is 1. The van der Waals surface area contributed by atoms with Gasteiger partial charge in [-0.05, 0) is 62.5 Å². The van der Waals surface area contributed by atoms with Crippen LogP contribution in [0, 0.1) is 5.92 Å². The first-order valence-corrected chi connectivity index (χ1v) is 14.6. The molecule has 220 valence electrons. The van der Waals surface area contributed by atoms with Gasteiger partial charge in [0.2, 0.25) is 0 Å². The molecule has 2 heterocycles. The van der Waals surface area contributed by atoms with Gasteiger partial charge in [0.25, 0.3) is 15.9 Å². The molecule has 11 heteroatoms. The highest BCUT2D eigenvalue weighted by atomic mass is 32.2. The van der Waals surface area contributed by atoms with Crippen LogP contribution in [-0.2, 0) is 20.4 Å². The van der Waals surface area contributed by atoms with Crippen molar-refractivity contribution in [1.82, 2.24) is 14.2 Å². The minimum atomic E-state index is -3.91. The van der Waals surface area contributed by atoms with Crippen LogP contribution >= 0.6 is 0 Å². The van der Waals surface area contributed by atoms with E-state index in [4.69, 9.17) is 4.74 Å². The summed E-state index contributed by atoms with van der Waals surface area (Å²) in [5.41, 5.74) is -0.136. The molecule has 3 N–H and O–H groups in total. The first-order chi connectivity index (χ1) is 19.4. The summed E-state index contributed by atoms with van der Waals surface area (Å²) in [6.45, 7) is 4.95. The number of benzene rings is 2. The molecule has 10 nitrogen and oxygen atoms in total. The number of aliphatic hydroxyl groups excluding tert-OH is 1. The number of fused-ring (bicyclic) bond motifs is 1. The maximum absolute atomic E-state index is 12.5. The monoisotopic (exact) mass is 582 g/mol. The first kappa shape index (κ1) is 31.6. The van der Waals surface area contributed by atoms with E-state index in [-0.39, 0.29) is 27.9 Å². The number of nitrogens with zero attached hydrogens (tertiary/aromatic N) is 3. The number of amides is 1. The van der Waals surface area contributed by atoms with E-state index in [1.807, 2.05) is 45.3 Å². The second kappa shape index (κ2) is 13.2. The largest absolute Gasteiger partial charge is 0.505 e. The summed E-state index contributed by atoms with van der Waals surface area (Å²) in [6, 6.07) is 18.6. The van der Waals surface area contributed by atoms with E-state index >= 15 is 0 Å². The molecule has 0 radical (unpaired) electrons. The summed E-state index contributed by atoms with van der Waals surface area (Å²) in [5, 5.41) is 23.8. The molecule has 2 atom stereocenters. The van der Waals surface area contributed by atoms with Gasteiger partial charge in [-0.25, -0.2) is 13.4 Å². The molecule has 0 saturated heterocycles. The smallest absolute Gasteiger partial charge is 0.277 e. The van der Waals surface area contributed by atoms with Crippen LogP contribution in [0.5, 0.6) is 5.75 Å². The summed E-state index contributed by atoms with van der Waals surface area (Å²) in [5.74, 6) is 0.0385. The highest BCUT2D eigenvalue weighted by Gasteiger charge is 2.38. The zero-order valence-corrected chi connectivity index (χ0v) is 25.0. The Labute approximate surface area is 242 Å². The number of hydrogen-bond donors (Lipinski definition) is 3. The Bertz CT molecular complexity index is 1490. The fourth-order valence-electron chi connectivity index (χ4n) is 4.72. The number of carbonyl (C=O) groups is 1. The Morgan fingerprint density at radius 3 is 2.41 bits per heavy atom. The predicted octanol–water partition coefficient (Wildman–Crippen LogP) is 4.07. The maximum atomic E-state index is 12.5. The van der Waals surface area contributed by atoms with Crippen molar-refractivity contribution in [2.24, 2.45) is 5.92 Å². The number of likely N-dealkylation sites (N-methyl/N-ethyl adjacent to an activating group) is 1. The summed E-state index contributed by atoms with van der Waals surface area (Å²) < 4.78 is 31.0. The van der Waals surface area contributed by atoms with Gasteiger partial charge >= 0.3 is 0 Å². The minimum Gasteiger partial charge on any atom is -0.505 e. The van der Waals surface area contributed by atoms with Gasteiger partial charge in [0.05, 0.1) is 17.6 Å². The number of rotatable bonds is 8. The van der Waals surface area contributed by atoms with Crippen LogP contribution in [0.2, 0.25) is 0 Å². The van der Waals surface area contributed by atoms with Crippen LogP contribution < -0.4 is 10.1 Å². The maximum Gasteiger partial charge on any atom is 0.277 e. The lowest BCUT2D eigenvalue weighted by Gasteiger charge is -2.35. The minimum absolute atomic E-state index is 0.0469. The molecule has 2 aromatic carbocycles. The molecule has 0 aliphatic carbocycles. The SMILES string of the molecule is CC[C@](O)(c1cccc(OC)c1)[C@H](C)CN(C)C.CN1C(C(=O)Nc2ccccn2)=C(O)c2ccccc2S1(=O)=O. The van der Waals surface area contributed by atoms with Gasteiger partial charge in [0.15, 0.2) is 11.5 Å². The fraction of sp³-hybridized carbons (Fsp3) is 0.333. The second-order valence-electron chi connectivity index (χ2n) is 10.0. The first-order valence-electron chi connectivity index (χ1n) is 13.1. The molecule has 3 aromatic rings. The quantitative estimate of drug-likeness (QED) is 0.362. The van der Waals surface area contributed by atoms with Gasteiger partial charge in [-0.15, -0.1) is 0 Å². The van der Waals surface area contributed by atoms with Crippen LogP contribution in [0.3, 0.4) is 0 Å². The van der Waals surface area contributed by atoms with E-state index in [1.54, 1.807) is 37.4 Å². The molecule has 41 heavy (non-hydrogen) atoms. The third-order valence-electron chi connectivity index (χ3n) is 7.00. The number of nitrogens with one attached hydrogen (secondary N) is 1. The van der Waals surface area contributed by atoms with Crippen molar-refractivity contribution in [2.45, 2.75) is 30.8 Å². The molecule has 1 aliphatic heterocycles. The van der Waals surface area contributed by atoms with Crippen molar-refractivity contribution in [2.75, 3.05) is 40.1 Å². The van der Waals surface area contributed by atoms with Gasteiger partial charge < -0.3 is 25.2 Å². The molecule has 0 saturated carbocycles. The molecule has 0 bridgehead atoms. The number of hydrogen-bond acceptors (Lipinski definition) is 8. The Balaban J connectivity index is 0.000000233. The molecule has 0 spiro atoms. The third-order valence-corrected chi connectivity index (χ3v) is 8.82. The van der Waals surface area contributed by atoms with Gasteiger partial charge in [-0.2, -0.15) is 0 Å². The van der Waals surface area contributed by atoms with E-state index < -0.39 is 27.3 Å². The molecular formula is C30H38N4O6S. The fourth-order valence-corrected chi connectivity index (χ4v) is 6.12. The molecule has 1 aromatic heterocycles. The highest BCUT2D eigenvalue weighted by Crippen LogP contribution is 2.36. The highest BCUT2D eigenvalue weighted by molar-refractivity contribution is 7.89. The van der Waals surface area contributed by atoms with E-state index in [1.165, 1.54) is 25.4 Å². The van der Waals surface area contributed by atoms with Crippen molar-refractivity contribution in [3.8, 4) is 5.75 Å². The van der Waals surface area contributed by atoms with E-state index in [0.717, 1.165) is 22.2 Å². The van der Waals surface area contributed by atoms with E-state index in [0.29, 0.717) is 6.42 Å². The normalized spacial score (nSPS) is 16.1. The molecule has 0 fully saturated rings. The molecule has 0 unspecified atom stereocenters. The predicted molar refractivity (Wildman–Crippen MR) is 159 cm³/mol. The Kier molecular flexibility index (Phi) is 10.1. The summed E-state index contributed by atoms with van der Waals surface area (Å²) >= 11 is 0. The van der Waals surface area contributed by atoms with Crippen molar-refractivity contribution < 1.29 is 28.2 Å². The van der Waals surface area contributed by atoms with Gasteiger partial charge in [-0.3, -0.25) is 9.10 Å². The van der Waals surface area contributed by atoms with Crippen LogP contribution in [-0.4, -0.2) is 73.5 Å². The van der Waals surface area contributed by atoms with Crippen LogP contribution in [0.4, 0.5) is 5.82 Å². The lowest BCUT2D eigenvalue weighted by molar-refractivity contribution is -0.113. The number of anilines is 1. The summed E-state index contributed by atoms with van der Waals surface area (Å²) in [4.78, 5) is 18.4. The van der Waals surface area contributed by atoms with Crippen molar-refractivity contribution in [3.63, 3.8) is 0 Å². The topological polar surface area (TPSA) is 132 Å². The zero-order valence-electron chi connectivity index (χ0n) is 24.2. The number of sulfonamides is 1. The van der Waals surface area contributed by atoms with E-state index in [2.05, 4.69) is 22.1 Å².